The summed E-state index contributed by atoms with van der Waals surface area (Å²) >= 11 is 6.41. The monoisotopic (exact) mass is 486 g/mol. The van der Waals surface area contributed by atoms with Gasteiger partial charge in [-0.1, -0.05) is 48.0 Å². The Morgan fingerprint density at radius 1 is 0.971 bits per heavy atom. The molecule has 0 unspecified atom stereocenters. The number of amides is 1. The maximum Gasteiger partial charge on any atom is 0.276 e. The van der Waals surface area contributed by atoms with Crippen molar-refractivity contribution in [2.24, 2.45) is 11.0 Å². The number of benzene rings is 3. The molecule has 1 fully saturated rings. The van der Waals surface area contributed by atoms with Crippen molar-refractivity contribution in [2.45, 2.75) is 25.3 Å². The molecular weight excluding hydrogens is 460 g/mol. The molecule has 0 bridgehead atoms. The van der Waals surface area contributed by atoms with Crippen molar-refractivity contribution in [3.05, 3.63) is 100 Å². The number of hydrogen-bond acceptors (Lipinski definition) is 4. The fourth-order valence-corrected chi connectivity index (χ4v) is 5.18. The first kappa shape index (κ1) is 23.2. The number of nitrogens with zero attached hydrogens (tertiary/aromatic N) is 2. The standard InChI is InChI=1S/C29H27ClN2O3/c1-34-22-14-10-19(11-15-22)18-21-6-5-8-25-27(21)31-32(29(33)24-7-3-4-9-26(24)30)28(25)20-12-16-23(35-2)17-13-20/h3-4,7,9-18,25,28H,5-6,8H2,1-2H3/b21-18-/t25-,28+/m0/s1. The Morgan fingerprint density at radius 2 is 1.63 bits per heavy atom. The fourth-order valence-electron chi connectivity index (χ4n) is 4.96. The van der Waals surface area contributed by atoms with Crippen molar-refractivity contribution in [1.29, 1.82) is 0 Å². The molecule has 3 aromatic carbocycles. The maximum atomic E-state index is 13.7. The predicted molar refractivity (Wildman–Crippen MR) is 139 cm³/mol. The van der Waals surface area contributed by atoms with Crippen LogP contribution in [0.1, 0.15) is 46.8 Å². The summed E-state index contributed by atoms with van der Waals surface area (Å²) in [5.74, 6) is 1.51. The van der Waals surface area contributed by atoms with Crippen LogP contribution in [0.5, 0.6) is 11.5 Å². The normalized spacial score (nSPS) is 20.4. The topological polar surface area (TPSA) is 51.1 Å². The number of hydrogen-bond donors (Lipinski definition) is 0. The average molecular weight is 487 g/mol. The molecule has 178 valence electrons. The zero-order valence-electron chi connectivity index (χ0n) is 19.8. The Labute approximate surface area is 210 Å². The Kier molecular flexibility index (Phi) is 6.60. The highest BCUT2D eigenvalue weighted by atomic mass is 35.5. The third kappa shape index (κ3) is 4.56. The summed E-state index contributed by atoms with van der Waals surface area (Å²) in [4.78, 5) is 13.7. The van der Waals surface area contributed by atoms with E-state index in [1.807, 2.05) is 60.7 Å². The molecule has 1 aliphatic heterocycles. The summed E-state index contributed by atoms with van der Waals surface area (Å²) in [5, 5.41) is 7.02. The van der Waals surface area contributed by atoms with E-state index in [2.05, 4.69) is 6.08 Å². The summed E-state index contributed by atoms with van der Waals surface area (Å²) in [6.07, 6.45) is 5.10. The SMILES string of the molecule is COc1ccc(/C=C2/CCC[C@H]3C2=NN(C(=O)c2ccccc2Cl)[C@@H]3c2ccc(OC)cc2)cc1. The second-order valence-electron chi connectivity index (χ2n) is 8.77. The van der Waals surface area contributed by atoms with Crippen LogP contribution in [0.25, 0.3) is 6.08 Å². The highest BCUT2D eigenvalue weighted by Crippen LogP contribution is 2.45. The maximum absolute atomic E-state index is 13.7. The summed E-state index contributed by atoms with van der Waals surface area (Å²) in [7, 11) is 3.31. The highest BCUT2D eigenvalue weighted by Gasteiger charge is 2.44. The van der Waals surface area contributed by atoms with Gasteiger partial charge in [0.05, 0.1) is 36.6 Å². The van der Waals surface area contributed by atoms with Crippen LogP contribution in [-0.2, 0) is 0 Å². The van der Waals surface area contributed by atoms with Gasteiger partial charge in [0.2, 0.25) is 0 Å². The Bertz CT molecular complexity index is 1280. The number of ether oxygens (including phenoxy) is 2. The molecule has 6 heteroatoms. The van der Waals surface area contributed by atoms with Crippen molar-refractivity contribution < 1.29 is 14.3 Å². The van der Waals surface area contributed by atoms with Gasteiger partial charge in [-0.2, -0.15) is 5.10 Å². The molecule has 1 amide bonds. The quantitative estimate of drug-likeness (QED) is 0.398. The number of carbonyl (C=O) groups excluding carboxylic acids is 1. The third-order valence-electron chi connectivity index (χ3n) is 6.73. The molecule has 0 saturated heterocycles. The smallest absolute Gasteiger partial charge is 0.276 e. The van der Waals surface area contributed by atoms with E-state index in [4.69, 9.17) is 26.2 Å². The fraction of sp³-hybridized carbons (Fsp3) is 0.241. The molecule has 5 nitrogen and oxygen atoms in total. The van der Waals surface area contributed by atoms with Crippen LogP contribution in [0.3, 0.4) is 0 Å². The van der Waals surface area contributed by atoms with Crippen LogP contribution < -0.4 is 9.47 Å². The van der Waals surface area contributed by atoms with E-state index in [1.54, 1.807) is 31.4 Å². The van der Waals surface area contributed by atoms with Gasteiger partial charge in [0.1, 0.15) is 11.5 Å². The molecule has 3 aromatic rings. The summed E-state index contributed by atoms with van der Waals surface area (Å²) in [6, 6.07) is 22.8. The molecule has 0 N–H and O–H groups in total. The first-order valence-corrected chi connectivity index (χ1v) is 12.1. The molecule has 0 spiro atoms. The second kappa shape index (κ2) is 9.96. The van der Waals surface area contributed by atoms with Crippen molar-refractivity contribution >= 4 is 29.3 Å². The van der Waals surface area contributed by atoms with Gasteiger partial charge in [-0.05, 0) is 78.4 Å². The minimum absolute atomic E-state index is 0.105. The number of allylic oxidation sites excluding steroid dienone is 1. The first-order chi connectivity index (χ1) is 17.1. The lowest BCUT2D eigenvalue weighted by Gasteiger charge is -2.30. The second-order valence-corrected chi connectivity index (χ2v) is 9.18. The molecule has 1 saturated carbocycles. The number of carbonyl (C=O) groups is 1. The number of halogens is 1. The van der Waals surface area contributed by atoms with Gasteiger partial charge in [-0.3, -0.25) is 4.79 Å². The van der Waals surface area contributed by atoms with Crippen LogP contribution in [0, 0.1) is 5.92 Å². The summed E-state index contributed by atoms with van der Waals surface area (Å²) < 4.78 is 10.6. The van der Waals surface area contributed by atoms with E-state index in [1.165, 1.54) is 5.57 Å². The molecule has 1 heterocycles. The molecule has 1 aliphatic carbocycles. The van der Waals surface area contributed by atoms with Crippen molar-refractivity contribution in [2.75, 3.05) is 14.2 Å². The largest absolute Gasteiger partial charge is 0.497 e. The lowest BCUT2D eigenvalue weighted by Crippen LogP contribution is -2.32. The van der Waals surface area contributed by atoms with Gasteiger partial charge in [-0.15, -0.1) is 0 Å². The van der Waals surface area contributed by atoms with Crippen molar-refractivity contribution in [3.63, 3.8) is 0 Å². The molecule has 2 aliphatic rings. The summed E-state index contributed by atoms with van der Waals surface area (Å²) in [5.41, 5.74) is 4.71. The van der Waals surface area contributed by atoms with Gasteiger partial charge in [-0.25, -0.2) is 5.01 Å². The van der Waals surface area contributed by atoms with Gasteiger partial charge < -0.3 is 9.47 Å². The predicted octanol–water partition coefficient (Wildman–Crippen LogP) is 6.79. The minimum Gasteiger partial charge on any atom is -0.497 e. The minimum atomic E-state index is -0.209. The van der Waals surface area contributed by atoms with Crippen LogP contribution in [0.15, 0.2) is 83.5 Å². The molecule has 2 atom stereocenters. The lowest BCUT2D eigenvalue weighted by atomic mass is 9.77. The number of hydrazone groups is 1. The van der Waals surface area contributed by atoms with E-state index in [0.717, 1.165) is 47.6 Å². The van der Waals surface area contributed by atoms with Crippen molar-refractivity contribution in [1.82, 2.24) is 5.01 Å². The number of rotatable bonds is 5. The van der Waals surface area contributed by atoms with E-state index >= 15 is 0 Å². The van der Waals surface area contributed by atoms with Crippen LogP contribution in [-0.4, -0.2) is 30.8 Å². The van der Waals surface area contributed by atoms with Crippen molar-refractivity contribution in [3.8, 4) is 11.5 Å². The van der Waals surface area contributed by atoms with E-state index < -0.39 is 0 Å². The lowest BCUT2D eigenvalue weighted by molar-refractivity contribution is 0.0681. The average Bonchev–Trinajstić information content (AvgIpc) is 3.30. The number of fused-ring (bicyclic) bond motifs is 1. The van der Waals surface area contributed by atoms with Gasteiger partial charge >= 0.3 is 0 Å². The van der Waals surface area contributed by atoms with Gasteiger partial charge in [0, 0.05) is 5.92 Å². The van der Waals surface area contributed by atoms with E-state index in [9.17, 15) is 4.79 Å². The third-order valence-corrected chi connectivity index (χ3v) is 7.06. The Morgan fingerprint density at radius 3 is 2.29 bits per heavy atom. The Balaban J connectivity index is 1.56. The van der Waals surface area contributed by atoms with Gasteiger partial charge in [0.15, 0.2) is 0 Å². The van der Waals surface area contributed by atoms with Crippen LogP contribution in [0.4, 0.5) is 0 Å². The Hall–Kier alpha value is -3.57. The molecular formula is C29H27ClN2O3. The molecule has 35 heavy (non-hydrogen) atoms. The number of methoxy groups -OCH3 is 2. The molecule has 0 aromatic heterocycles. The molecule has 5 rings (SSSR count). The zero-order chi connectivity index (χ0) is 24.4. The zero-order valence-corrected chi connectivity index (χ0v) is 20.5. The highest BCUT2D eigenvalue weighted by molar-refractivity contribution is 6.33. The van der Waals surface area contributed by atoms with E-state index in [0.29, 0.717) is 10.6 Å². The van der Waals surface area contributed by atoms with Crippen LogP contribution in [0.2, 0.25) is 5.02 Å². The van der Waals surface area contributed by atoms with Crippen LogP contribution >= 0.6 is 11.6 Å². The van der Waals surface area contributed by atoms with Gasteiger partial charge in [0.25, 0.3) is 5.91 Å². The molecule has 0 radical (unpaired) electrons. The van der Waals surface area contributed by atoms with E-state index in [-0.39, 0.29) is 17.9 Å². The summed E-state index contributed by atoms with van der Waals surface area (Å²) in [6.45, 7) is 0. The first-order valence-electron chi connectivity index (χ1n) is 11.7.